The quantitative estimate of drug-likeness (QED) is 0.837. The largest absolute Gasteiger partial charge is 0.461 e. The Hall–Kier alpha value is -1.19. The molecule has 0 aliphatic carbocycles. The summed E-state index contributed by atoms with van der Waals surface area (Å²) in [6.45, 7) is 0.0877. The number of hydrogen-bond donors (Lipinski definition) is 0. The molecule has 0 saturated heterocycles. The van der Waals surface area contributed by atoms with E-state index in [1.807, 2.05) is 0 Å². The van der Waals surface area contributed by atoms with Crippen molar-refractivity contribution in [1.82, 2.24) is 0 Å². The minimum atomic E-state index is -0.179. The smallest absolute Gasteiger partial charge is 0.230 e. The van der Waals surface area contributed by atoms with Crippen molar-refractivity contribution in [1.29, 1.82) is 0 Å². The molecule has 0 atom stereocenters. The Morgan fingerprint density at radius 3 is 2.88 bits per heavy atom. The summed E-state index contributed by atoms with van der Waals surface area (Å²) in [6, 6.07) is 5.00. The summed E-state index contributed by atoms with van der Waals surface area (Å²) in [4.78, 5) is 11.7. The lowest BCUT2D eigenvalue weighted by molar-refractivity contribution is -0.118. The standard InChI is InChI=1S/C11H8Cl2O3/c12-8-1-2-9(13)7(3-8)4-10(14)11-5-15-6-16-11/h1-3,5H,4,6H2. The molecule has 1 aromatic carbocycles. The lowest BCUT2D eigenvalue weighted by Gasteiger charge is -2.04. The van der Waals surface area contributed by atoms with Crippen molar-refractivity contribution in [2.45, 2.75) is 6.42 Å². The molecule has 0 saturated carbocycles. The molecule has 1 aliphatic heterocycles. The number of rotatable bonds is 3. The van der Waals surface area contributed by atoms with Gasteiger partial charge in [-0.25, -0.2) is 0 Å². The molecule has 0 aromatic heterocycles. The molecule has 3 nitrogen and oxygen atoms in total. The third-order valence-electron chi connectivity index (χ3n) is 2.11. The summed E-state index contributed by atoms with van der Waals surface area (Å²) in [5.41, 5.74) is 0.676. The fraction of sp³-hybridized carbons (Fsp3) is 0.182. The Morgan fingerprint density at radius 2 is 2.19 bits per heavy atom. The summed E-state index contributed by atoms with van der Waals surface area (Å²) >= 11 is 11.8. The second kappa shape index (κ2) is 4.76. The van der Waals surface area contributed by atoms with E-state index in [2.05, 4.69) is 0 Å². The Morgan fingerprint density at radius 1 is 1.38 bits per heavy atom. The van der Waals surface area contributed by atoms with Gasteiger partial charge in [0.15, 0.2) is 0 Å². The number of benzene rings is 1. The first-order chi connectivity index (χ1) is 7.66. The van der Waals surface area contributed by atoms with E-state index in [4.69, 9.17) is 32.7 Å². The van der Waals surface area contributed by atoms with Crippen LogP contribution in [0.1, 0.15) is 5.56 Å². The molecule has 0 N–H and O–H groups in total. The maximum absolute atomic E-state index is 11.7. The number of allylic oxidation sites excluding steroid dienone is 1. The van der Waals surface area contributed by atoms with Gasteiger partial charge in [0.05, 0.1) is 0 Å². The predicted octanol–water partition coefficient (Wildman–Crippen LogP) is 2.95. The van der Waals surface area contributed by atoms with Gasteiger partial charge in [0, 0.05) is 16.5 Å². The number of hydrogen-bond acceptors (Lipinski definition) is 3. The first kappa shape index (κ1) is 11.3. The summed E-state index contributed by atoms with van der Waals surface area (Å²) < 4.78 is 9.78. The van der Waals surface area contributed by atoms with Crippen molar-refractivity contribution in [2.75, 3.05) is 6.79 Å². The van der Waals surface area contributed by atoms with E-state index < -0.39 is 0 Å². The maximum Gasteiger partial charge on any atom is 0.230 e. The minimum Gasteiger partial charge on any atom is -0.461 e. The van der Waals surface area contributed by atoms with Gasteiger partial charge in [0.1, 0.15) is 6.26 Å². The third-order valence-corrected chi connectivity index (χ3v) is 2.71. The van der Waals surface area contributed by atoms with Gasteiger partial charge >= 0.3 is 0 Å². The van der Waals surface area contributed by atoms with Gasteiger partial charge in [0.25, 0.3) is 0 Å². The monoisotopic (exact) mass is 258 g/mol. The number of Topliss-reactive ketones (excluding diaryl/α,β-unsaturated/α-hetero) is 1. The Bertz CT molecular complexity index is 455. The van der Waals surface area contributed by atoms with Crippen molar-refractivity contribution in [3.8, 4) is 0 Å². The Balaban J connectivity index is 2.14. The van der Waals surface area contributed by atoms with Crippen LogP contribution in [0, 0.1) is 0 Å². The van der Waals surface area contributed by atoms with Crippen molar-refractivity contribution < 1.29 is 14.3 Å². The highest BCUT2D eigenvalue weighted by atomic mass is 35.5. The number of halogens is 2. The van der Waals surface area contributed by atoms with Crippen LogP contribution in [0.2, 0.25) is 10.0 Å². The summed E-state index contributed by atoms with van der Waals surface area (Å²) in [5, 5.41) is 1.06. The van der Waals surface area contributed by atoms with E-state index in [9.17, 15) is 4.79 Å². The van der Waals surface area contributed by atoms with Gasteiger partial charge in [-0.1, -0.05) is 23.2 Å². The second-order valence-corrected chi connectivity index (χ2v) is 4.09. The topological polar surface area (TPSA) is 35.5 Å². The molecule has 1 heterocycles. The van der Waals surface area contributed by atoms with Crippen molar-refractivity contribution in [3.63, 3.8) is 0 Å². The first-order valence-electron chi connectivity index (χ1n) is 4.58. The van der Waals surface area contributed by atoms with Gasteiger partial charge in [-0.05, 0) is 23.8 Å². The molecule has 5 heteroatoms. The van der Waals surface area contributed by atoms with Crippen LogP contribution < -0.4 is 0 Å². The Labute approximate surface area is 103 Å². The van der Waals surface area contributed by atoms with E-state index >= 15 is 0 Å². The molecule has 84 valence electrons. The summed E-state index contributed by atoms with van der Waals surface area (Å²) in [7, 11) is 0. The number of ketones is 1. The zero-order chi connectivity index (χ0) is 11.5. The molecule has 16 heavy (non-hydrogen) atoms. The van der Waals surface area contributed by atoms with Crippen molar-refractivity contribution >= 4 is 29.0 Å². The van der Waals surface area contributed by atoms with Crippen LogP contribution in [0.3, 0.4) is 0 Å². The first-order valence-corrected chi connectivity index (χ1v) is 5.34. The summed E-state index contributed by atoms with van der Waals surface area (Å²) in [6.07, 6.45) is 1.45. The molecule has 2 rings (SSSR count). The van der Waals surface area contributed by atoms with Crippen LogP contribution in [-0.4, -0.2) is 12.6 Å². The van der Waals surface area contributed by atoms with Gasteiger partial charge in [-0.2, -0.15) is 0 Å². The molecule has 0 spiro atoms. The molecule has 1 aliphatic rings. The van der Waals surface area contributed by atoms with Gasteiger partial charge in [-0.15, -0.1) is 0 Å². The Kier molecular flexibility index (Phi) is 3.36. The minimum absolute atomic E-state index is 0.0877. The molecule has 0 amide bonds. The average Bonchev–Trinajstić information content (AvgIpc) is 2.76. The molecular weight excluding hydrogens is 251 g/mol. The van der Waals surface area contributed by atoms with Crippen molar-refractivity contribution in [3.05, 3.63) is 45.8 Å². The number of carbonyl (C=O) groups is 1. The van der Waals surface area contributed by atoms with Crippen LogP contribution in [0.25, 0.3) is 0 Å². The van der Waals surface area contributed by atoms with Crippen LogP contribution >= 0.6 is 23.2 Å². The van der Waals surface area contributed by atoms with Crippen LogP contribution in [0.15, 0.2) is 30.2 Å². The van der Waals surface area contributed by atoms with Gasteiger partial charge < -0.3 is 9.47 Å². The number of ether oxygens (including phenoxy) is 2. The molecule has 0 radical (unpaired) electrons. The van der Waals surface area contributed by atoms with E-state index in [1.165, 1.54) is 6.26 Å². The zero-order valence-electron chi connectivity index (χ0n) is 8.20. The number of carbonyl (C=O) groups excluding carboxylic acids is 1. The fourth-order valence-corrected chi connectivity index (χ4v) is 1.71. The van der Waals surface area contributed by atoms with E-state index in [-0.39, 0.29) is 24.8 Å². The third kappa shape index (κ3) is 2.49. The zero-order valence-corrected chi connectivity index (χ0v) is 9.72. The highest BCUT2D eigenvalue weighted by molar-refractivity contribution is 6.33. The van der Waals surface area contributed by atoms with Crippen LogP contribution in [-0.2, 0) is 20.7 Å². The highest BCUT2D eigenvalue weighted by Crippen LogP contribution is 2.22. The van der Waals surface area contributed by atoms with Crippen LogP contribution in [0.5, 0.6) is 0 Å². The highest BCUT2D eigenvalue weighted by Gasteiger charge is 2.17. The van der Waals surface area contributed by atoms with E-state index in [1.54, 1.807) is 18.2 Å². The molecule has 0 fully saturated rings. The molecular formula is C11H8Cl2O3. The second-order valence-electron chi connectivity index (χ2n) is 3.25. The van der Waals surface area contributed by atoms with E-state index in [0.717, 1.165) is 0 Å². The SMILES string of the molecule is O=C(Cc1cc(Cl)ccc1Cl)C1=COCO1. The lowest BCUT2D eigenvalue weighted by atomic mass is 10.1. The van der Waals surface area contributed by atoms with Crippen LogP contribution in [0.4, 0.5) is 0 Å². The van der Waals surface area contributed by atoms with Gasteiger partial charge in [0.2, 0.25) is 18.3 Å². The molecule has 1 aromatic rings. The normalized spacial score (nSPS) is 14.0. The van der Waals surface area contributed by atoms with Gasteiger partial charge in [-0.3, -0.25) is 4.79 Å². The lowest BCUT2D eigenvalue weighted by Crippen LogP contribution is -2.07. The van der Waals surface area contributed by atoms with Crippen molar-refractivity contribution in [2.24, 2.45) is 0 Å². The van der Waals surface area contributed by atoms with E-state index in [0.29, 0.717) is 15.6 Å². The predicted molar refractivity (Wildman–Crippen MR) is 60.3 cm³/mol. The molecule has 0 bridgehead atoms. The molecule has 0 unspecified atom stereocenters. The fourth-order valence-electron chi connectivity index (χ4n) is 1.33. The summed E-state index contributed by atoms with van der Waals surface area (Å²) in [5.74, 6) is 0.0395. The average molecular weight is 259 g/mol. The maximum atomic E-state index is 11.7.